The number of benzene rings is 2. The maximum Gasteiger partial charge on any atom is 0.166 e. The minimum Gasteiger partial charge on any atom is -0.294 e. The van der Waals surface area contributed by atoms with Crippen LogP contribution in [0.2, 0.25) is 0 Å². The Labute approximate surface area is 155 Å². The van der Waals surface area contributed by atoms with Gasteiger partial charge in [-0.25, -0.2) is 0 Å². The Morgan fingerprint density at radius 3 is 2.72 bits per heavy atom. The molecule has 3 atom stereocenters. The molecule has 0 saturated carbocycles. The Morgan fingerprint density at radius 2 is 1.88 bits per heavy atom. The molecule has 0 saturated heterocycles. The molecule has 0 fully saturated rings. The highest BCUT2D eigenvalue weighted by Crippen LogP contribution is 2.42. The molecule has 2 aromatic carbocycles. The van der Waals surface area contributed by atoms with Crippen LogP contribution in [0.4, 0.5) is 0 Å². The van der Waals surface area contributed by atoms with Gasteiger partial charge in [-0.05, 0) is 79.0 Å². The molecule has 2 aliphatic rings. The molecule has 2 heteroatoms. The molecule has 2 aromatic rings. The lowest BCUT2D eigenvalue weighted by Crippen LogP contribution is -2.25. The predicted molar refractivity (Wildman–Crippen MR) is 106 cm³/mol. The van der Waals surface area contributed by atoms with E-state index in [1.165, 1.54) is 34.4 Å². The third kappa shape index (κ3) is 3.17. The van der Waals surface area contributed by atoms with Crippen molar-refractivity contribution in [3.63, 3.8) is 0 Å². The second-order valence-electron chi connectivity index (χ2n) is 7.68. The van der Waals surface area contributed by atoms with E-state index in [1.807, 2.05) is 0 Å². The van der Waals surface area contributed by atoms with Crippen molar-refractivity contribution in [1.29, 1.82) is 0 Å². The zero-order valence-corrected chi connectivity index (χ0v) is 15.9. The van der Waals surface area contributed by atoms with Crippen molar-refractivity contribution in [3.05, 3.63) is 64.7 Å². The monoisotopic (exact) mass is 350 g/mol. The summed E-state index contributed by atoms with van der Waals surface area (Å²) in [7, 11) is 0. The zero-order valence-electron chi connectivity index (χ0n) is 15.1. The largest absolute Gasteiger partial charge is 0.294 e. The van der Waals surface area contributed by atoms with E-state index >= 15 is 0 Å². The molecular formula is C23H26OS. The van der Waals surface area contributed by atoms with Crippen LogP contribution in [0.1, 0.15) is 59.2 Å². The Kier molecular flexibility index (Phi) is 4.73. The summed E-state index contributed by atoms with van der Waals surface area (Å²) in [5.74, 6) is 1.79. The number of Topliss-reactive ketones (excluding diaryl/α,β-unsaturated/α-hetero) is 1. The van der Waals surface area contributed by atoms with Crippen LogP contribution >= 0.6 is 11.8 Å². The maximum atomic E-state index is 13.1. The Hall–Kier alpha value is -1.54. The molecule has 0 aromatic heterocycles. The lowest BCUT2D eigenvalue weighted by atomic mass is 9.75. The minimum atomic E-state index is 0.201. The number of hydrogen-bond donors (Lipinski definition) is 0. The van der Waals surface area contributed by atoms with Crippen molar-refractivity contribution in [2.45, 2.75) is 49.8 Å². The molecular weight excluding hydrogens is 324 g/mol. The summed E-state index contributed by atoms with van der Waals surface area (Å²) < 4.78 is 0. The Balaban J connectivity index is 1.51. The number of carbonyl (C=O) groups excluding carboxylic acids is 1. The number of hydrogen-bond acceptors (Lipinski definition) is 2. The number of ketones is 1. The normalized spacial score (nSPS) is 23.2. The summed E-state index contributed by atoms with van der Waals surface area (Å²) in [6.45, 7) is 2.36. The van der Waals surface area contributed by atoms with Crippen molar-refractivity contribution in [1.82, 2.24) is 0 Å². The van der Waals surface area contributed by atoms with E-state index in [4.69, 9.17) is 0 Å². The summed E-state index contributed by atoms with van der Waals surface area (Å²) in [5.41, 5.74) is 5.28. The van der Waals surface area contributed by atoms with Gasteiger partial charge >= 0.3 is 0 Å². The van der Waals surface area contributed by atoms with E-state index in [0.29, 0.717) is 17.6 Å². The van der Waals surface area contributed by atoms with Crippen LogP contribution in [0.5, 0.6) is 0 Å². The molecule has 0 bridgehead atoms. The van der Waals surface area contributed by atoms with Crippen LogP contribution in [0.15, 0.2) is 47.4 Å². The lowest BCUT2D eigenvalue weighted by Gasteiger charge is -2.28. The summed E-state index contributed by atoms with van der Waals surface area (Å²) >= 11 is 1.72. The van der Waals surface area contributed by atoms with Crippen LogP contribution in [-0.2, 0) is 12.8 Å². The number of aryl methyl sites for hydroxylation is 2. The van der Waals surface area contributed by atoms with Gasteiger partial charge in [0.15, 0.2) is 5.78 Å². The Bertz CT molecular complexity index is 794. The highest BCUT2D eigenvalue weighted by molar-refractivity contribution is 7.98. The quantitative estimate of drug-likeness (QED) is 0.638. The SMILES string of the molecule is CSc1ccc2c(c1)C(=O)C(CC(C)C1CCc3ccccc31)CC2. The van der Waals surface area contributed by atoms with Gasteiger partial charge in [0, 0.05) is 16.4 Å². The predicted octanol–water partition coefficient (Wildman–Crippen LogP) is 5.91. The molecule has 0 aliphatic heterocycles. The first-order valence-corrected chi connectivity index (χ1v) is 10.7. The van der Waals surface area contributed by atoms with Gasteiger partial charge in [0.2, 0.25) is 0 Å². The fraction of sp³-hybridized carbons (Fsp3) is 0.435. The third-order valence-electron chi connectivity index (χ3n) is 6.24. The van der Waals surface area contributed by atoms with Crippen LogP contribution < -0.4 is 0 Å². The zero-order chi connectivity index (χ0) is 17.4. The summed E-state index contributed by atoms with van der Waals surface area (Å²) in [6.07, 6.45) is 7.61. The molecule has 25 heavy (non-hydrogen) atoms. The second kappa shape index (κ2) is 6.99. The highest BCUT2D eigenvalue weighted by Gasteiger charge is 2.33. The molecule has 0 heterocycles. The second-order valence-corrected chi connectivity index (χ2v) is 8.56. The first-order chi connectivity index (χ1) is 12.2. The summed E-state index contributed by atoms with van der Waals surface area (Å²) in [6, 6.07) is 15.3. The highest BCUT2D eigenvalue weighted by atomic mass is 32.2. The average Bonchev–Trinajstić information content (AvgIpc) is 3.08. The van der Waals surface area contributed by atoms with E-state index in [1.54, 1.807) is 11.8 Å². The fourth-order valence-corrected chi connectivity index (χ4v) is 5.27. The molecule has 0 amide bonds. The molecule has 0 radical (unpaired) electrons. The van der Waals surface area contributed by atoms with Crippen LogP contribution in [0.25, 0.3) is 0 Å². The number of thioether (sulfide) groups is 1. The Morgan fingerprint density at radius 1 is 1.08 bits per heavy atom. The maximum absolute atomic E-state index is 13.1. The number of rotatable bonds is 4. The van der Waals surface area contributed by atoms with E-state index in [2.05, 4.69) is 55.6 Å². The lowest BCUT2D eigenvalue weighted by molar-refractivity contribution is 0.0877. The topological polar surface area (TPSA) is 17.1 Å². The summed E-state index contributed by atoms with van der Waals surface area (Å²) in [4.78, 5) is 14.3. The van der Waals surface area contributed by atoms with E-state index < -0.39 is 0 Å². The molecule has 3 unspecified atom stereocenters. The first-order valence-electron chi connectivity index (χ1n) is 9.46. The minimum absolute atomic E-state index is 0.201. The van der Waals surface area contributed by atoms with Crippen LogP contribution in [0.3, 0.4) is 0 Å². The van der Waals surface area contributed by atoms with Crippen molar-refractivity contribution in [3.8, 4) is 0 Å². The van der Waals surface area contributed by atoms with Gasteiger partial charge < -0.3 is 0 Å². The van der Waals surface area contributed by atoms with E-state index in [9.17, 15) is 4.79 Å². The standard InChI is InChI=1S/C23H26OS/c1-15(20-12-10-16-5-3-4-6-21(16)20)13-18-8-7-17-9-11-19(25-2)14-22(17)23(18)24/h3-6,9,11,14-15,18,20H,7-8,10,12-13H2,1-2H3. The van der Waals surface area contributed by atoms with Gasteiger partial charge in [0.25, 0.3) is 0 Å². The van der Waals surface area contributed by atoms with Gasteiger partial charge in [-0.3, -0.25) is 4.79 Å². The van der Waals surface area contributed by atoms with Gasteiger partial charge in [0.1, 0.15) is 0 Å². The van der Waals surface area contributed by atoms with E-state index in [-0.39, 0.29) is 5.92 Å². The van der Waals surface area contributed by atoms with Crippen LogP contribution in [-0.4, -0.2) is 12.0 Å². The van der Waals surface area contributed by atoms with Crippen molar-refractivity contribution in [2.75, 3.05) is 6.26 Å². The number of fused-ring (bicyclic) bond motifs is 2. The molecule has 130 valence electrons. The summed E-state index contributed by atoms with van der Waals surface area (Å²) in [5, 5.41) is 0. The van der Waals surface area contributed by atoms with Crippen molar-refractivity contribution in [2.24, 2.45) is 11.8 Å². The first kappa shape index (κ1) is 16.9. The molecule has 0 spiro atoms. The van der Waals surface area contributed by atoms with Crippen LogP contribution in [0, 0.1) is 11.8 Å². The van der Waals surface area contributed by atoms with Gasteiger partial charge in [-0.1, -0.05) is 37.3 Å². The van der Waals surface area contributed by atoms with Crippen molar-refractivity contribution < 1.29 is 4.79 Å². The van der Waals surface area contributed by atoms with Gasteiger partial charge in [-0.15, -0.1) is 11.8 Å². The third-order valence-corrected chi connectivity index (χ3v) is 6.96. The van der Waals surface area contributed by atoms with Gasteiger partial charge in [-0.2, -0.15) is 0 Å². The smallest absolute Gasteiger partial charge is 0.166 e. The average molecular weight is 351 g/mol. The molecule has 1 nitrogen and oxygen atoms in total. The van der Waals surface area contributed by atoms with Gasteiger partial charge in [0.05, 0.1) is 0 Å². The molecule has 2 aliphatic carbocycles. The number of carbonyl (C=O) groups is 1. The molecule has 4 rings (SSSR count). The van der Waals surface area contributed by atoms with Crippen molar-refractivity contribution >= 4 is 17.5 Å². The fourth-order valence-electron chi connectivity index (χ4n) is 4.83. The van der Waals surface area contributed by atoms with E-state index in [0.717, 1.165) is 24.8 Å². The molecule has 0 N–H and O–H groups in total.